The molecule has 6 rings (SSSR count). The maximum absolute atomic E-state index is 13.5. The highest BCUT2D eigenvalue weighted by Gasteiger charge is 2.46. The average Bonchev–Trinajstić information content (AvgIpc) is 3.72. The molecule has 5 N–H and O–H groups in total. The van der Waals surface area contributed by atoms with E-state index in [1.54, 1.807) is 13.8 Å². The van der Waals surface area contributed by atoms with Gasteiger partial charge in [0.15, 0.2) is 39.6 Å². The highest BCUT2D eigenvalue weighted by Crippen LogP contribution is 2.44. The van der Waals surface area contributed by atoms with Crippen LogP contribution in [0.15, 0.2) is 12.7 Å². The van der Waals surface area contributed by atoms with Gasteiger partial charge >= 0.3 is 12.2 Å². The first-order valence-corrected chi connectivity index (χ1v) is 12.8. The molecule has 13 nitrogen and oxygen atoms in total. The van der Waals surface area contributed by atoms with Crippen molar-refractivity contribution < 1.29 is 28.8 Å². The summed E-state index contributed by atoms with van der Waals surface area (Å²) in [5.74, 6) is 3.21. The van der Waals surface area contributed by atoms with Crippen molar-refractivity contribution in [3.05, 3.63) is 24.8 Å². The van der Waals surface area contributed by atoms with E-state index in [4.69, 9.17) is 39.3 Å². The number of fused-ring (bicyclic) bond motifs is 2. The molecule has 4 aromatic heterocycles. The van der Waals surface area contributed by atoms with Crippen molar-refractivity contribution in [1.82, 2.24) is 39.0 Å². The number of hydrogen-bond acceptors (Lipinski definition) is 11. The Labute approximate surface area is 252 Å². The molecule has 6 heterocycles. The number of nitrogen functional groups attached to an aromatic ring is 2. The Morgan fingerprint density at radius 1 is 0.930 bits per heavy atom. The number of rotatable bonds is 4. The van der Waals surface area contributed by atoms with E-state index in [1.165, 1.54) is 21.8 Å². The predicted octanol–water partition coefficient (Wildman–Crippen LogP) is 2.99. The number of imidazole rings is 2. The number of ether oxygens (including phenoxy) is 2. The number of halogens is 2. The van der Waals surface area contributed by atoms with Crippen molar-refractivity contribution in [1.29, 1.82) is 0 Å². The number of terminal acetylenes is 2. The Bertz CT molecular complexity index is 1770. The minimum absolute atomic E-state index is 0. The van der Waals surface area contributed by atoms with Gasteiger partial charge in [0.2, 0.25) is 0 Å². The predicted molar refractivity (Wildman–Crippen MR) is 154 cm³/mol. The van der Waals surface area contributed by atoms with Crippen molar-refractivity contribution in [2.45, 2.75) is 71.0 Å². The first-order chi connectivity index (χ1) is 21.5. The zero-order valence-corrected chi connectivity index (χ0v) is 22.8. The van der Waals surface area contributed by atoms with Crippen LogP contribution in [-0.4, -0.2) is 62.0 Å². The van der Waals surface area contributed by atoms with Gasteiger partial charge in [-0.2, -0.15) is 28.7 Å². The lowest BCUT2D eigenvalue weighted by Crippen LogP contribution is -2.36. The van der Waals surface area contributed by atoms with E-state index in [-0.39, 0.29) is 41.4 Å². The zero-order valence-electron chi connectivity index (χ0n) is 26.8. The van der Waals surface area contributed by atoms with Crippen LogP contribution in [0.1, 0.15) is 65.3 Å². The van der Waals surface area contributed by atoms with Gasteiger partial charge in [-0.1, -0.05) is 40.0 Å². The SMILES string of the molecule is C.[2H]C1([2H])[C@H](n2cnc3c(N)nc(F)nc32)O[C@](C#C)(CC)[C@H]1C.[2H]C1([2H])[C@H](n2cnc3c(N)nc(F)nc32)O[C@](C#C)(CO)[C@H]1C. The Kier molecular flexibility index (Phi) is 7.12. The van der Waals surface area contributed by atoms with Gasteiger partial charge in [0.1, 0.15) is 18.1 Å². The number of aliphatic hydroxyl groups excluding tert-OH is 1. The Morgan fingerprint density at radius 2 is 1.35 bits per heavy atom. The lowest BCUT2D eigenvalue weighted by molar-refractivity contribution is -0.0717. The number of aromatic nitrogens is 8. The summed E-state index contributed by atoms with van der Waals surface area (Å²) < 4.78 is 74.4. The van der Waals surface area contributed by atoms with Crippen molar-refractivity contribution in [3.8, 4) is 24.7 Å². The number of anilines is 2. The third-order valence-electron chi connectivity index (χ3n) is 7.42. The van der Waals surface area contributed by atoms with Crippen LogP contribution < -0.4 is 11.5 Å². The van der Waals surface area contributed by atoms with E-state index in [0.29, 0.717) is 6.42 Å². The lowest BCUT2D eigenvalue weighted by atomic mass is 9.87. The largest absolute Gasteiger partial charge is 0.392 e. The molecule has 2 aliphatic rings. The van der Waals surface area contributed by atoms with Crippen molar-refractivity contribution in [2.24, 2.45) is 11.8 Å². The van der Waals surface area contributed by atoms with Crippen LogP contribution in [0.25, 0.3) is 22.3 Å². The van der Waals surface area contributed by atoms with Gasteiger partial charge in [-0.15, -0.1) is 12.8 Å². The molecular formula is C28H34F2N10O3. The molecule has 6 atom stereocenters. The minimum atomic E-state index is -1.96. The summed E-state index contributed by atoms with van der Waals surface area (Å²) >= 11 is 0. The molecule has 4 aromatic rings. The van der Waals surface area contributed by atoms with Crippen LogP contribution >= 0.6 is 0 Å². The van der Waals surface area contributed by atoms with Gasteiger partial charge < -0.3 is 26.0 Å². The quantitative estimate of drug-likeness (QED) is 0.232. The molecule has 0 saturated carbocycles. The Morgan fingerprint density at radius 3 is 1.70 bits per heavy atom. The topological polar surface area (TPSA) is 178 Å². The molecule has 2 fully saturated rings. The van der Waals surface area contributed by atoms with Gasteiger partial charge in [0, 0.05) is 17.3 Å². The normalized spacial score (nSPS) is 31.9. The van der Waals surface area contributed by atoms with Crippen molar-refractivity contribution in [2.75, 3.05) is 18.1 Å². The number of nitrogens with two attached hydrogens (primary N) is 2. The number of hydrogen-bond donors (Lipinski definition) is 3. The molecule has 0 spiro atoms. The molecule has 0 radical (unpaired) electrons. The van der Waals surface area contributed by atoms with Crippen LogP contribution in [0.4, 0.5) is 20.4 Å². The van der Waals surface area contributed by atoms with E-state index < -0.39 is 67.0 Å². The molecule has 0 aromatic carbocycles. The fourth-order valence-corrected chi connectivity index (χ4v) is 4.84. The summed E-state index contributed by atoms with van der Waals surface area (Å²) in [6.45, 7) is 4.52. The molecule has 0 amide bonds. The maximum atomic E-state index is 13.5. The summed E-state index contributed by atoms with van der Waals surface area (Å²) in [6, 6.07) is 0. The van der Waals surface area contributed by atoms with E-state index in [2.05, 4.69) is 41.7 Å². The third kappa shape index (κ3) is 5.20. The summed E-state index contributed by atoms with van der Waals surface area (Å²) in [6.07, 6.45) is 5.84. The van der Waals surface area contributed by atoms with Gasteiger partial charge in [-0.05, 0) is 19.2 Å². The van der Waals surface area contributed by atoms with Gasteiger partial charge in [0.25, 0.3) is 0 Å². The second-order valence-corrected chi connectivity index (χ2v) is 9.70. The molecular weight excluding hydrogens is 562 g/mol. The van der Waals surface area contributed by atoms with E-state index in [1.807, 2.05) is 6.92 Å². The third-order valence-corrected chi connectivity index (χ3v) is 7.42. The average molecular weight is 601 g/mol. The monoisotopic (exact) mass is 600 g/mol. The molecule has 0 aliphatic carbocycles. The molecule has 2 aliphatic heterocycles. The van der Waals surface area contributed by atoms with Crippen LogP contribution in [0.2, 0.25) is 0 Å². The van der Waals surface area contributed by atoms with E-state index in [9.17, 15) is 13.9 Å². The van der Waals surface area contributed by atoms with Gasteiger partial charge in [-0.25, -0.2) is 9.97 Å². The maximum Gasteiger partial charge on any atom is 0.312 e. The first kappa shape index (κ1) is 26.2. The van der Waals surface area contributed by atoms with Crippen LogP contribution in [0, 0.1) is 48.7 Å². The molecule has 0 bridgehead atoms. The van der Waals surface area contributed by atoms with Crippen molar-refractivity contribution in [3.63, 3.8) is 0 Å². The standard InChI is InChI=1S/C14H16FN5O.C13H14FN5O2.CH4/c1-4-14(5-2)8(3)6-9(21-14)20-7-17-10-11(16)18-13(15)19-12(10)20;1-3-13(5-20)7(2)4-8(21-13)19-6-16-9-10(15)17-12(14)18-11(9)19;/h1,7-9H,5-6H2,2-3H3,(H2,16,18,19);1,6-8,20H,4-5H2,2H3,(H2,15,17,18);1H4/t8-,9+,14+;7-,8+,13+;/m00./s1/i6D2;4D2;. The van der Waals surface area contributed by atoms with E-state index in [0.717, 1.165) is 0 Å². The van der Waals surface area contributed by atoms with Gasteiger partial charge in [-0.3, -0.25) is 9.13 Å². The highest BCUT2D eigenvalue weighted by atomic mass is 19.1. The Balaban J connectivity index is 0.000000208. The van der Waals surface area contributed by atoms with Crippen LogP contribution in [0.3, 0.4) is 0 Å². The second-order valence-electron chi connectivity index (χ2n) is 9.70. The summed E-state index contributed by atoms with van der Waals surface area (Å²) in [5, 5.41) is 9.57. The Hall–Kier alpha value is -4.44. The first-order valence-electron chi connectivity index (χ1n) is 14.8. The molecule has 43 heavy (non-hydrogen) atoms. The van der Waals surface area contributed by atoms with Crippen LogP contribution in [0.5, 0.6) is 0 Å². The number of nitrogens with zero attached hydrogens (tertiary/aromatic N) is 8. The smallest absolute Gasteiger partial charge is 0.312 e. The molecule has 2 saturated heterocycles. The van der Waals surface area contributed by atoms with Crippen molar-refractivity contribution >= 4 is 34.0 Å². The summed E-state index contributed by atoms with van der Waals surface area (Å²) in [5.41, 5.74) is 9.05. The fourth-order valence-electron chi connectivity index (χ4n) is 4.84. The molecule has 228 valence electrons. The van der Waals surface area contributed by atoms with Gasteiger partial charge in [0.05, 0.1) is 19.3 Å². The zero-order chi connectivity index (χ0) is 34.0. The molecule has 0 unspecified atom stereocenters. The lowest BCUT2D eigenvalue weighted by Gasteiger charge is -2.25. The van der Waals surface area contributed by atoms with Crippen LogP contribution in [-0.2, 0) is 9.47 Å². The fraction of sp³-hybridized carbons (Fsp3) is 0.500. The molecule has 15 heteroatoms. The summed E-state index contributed by atoms with van der Waals surface area (Å²) in [7, 11) is 0. The number of aliphatic hydroxyl groups is 1. The summed E-state index contributed by atoms with van der Waals surface area (Å²) in [4.78, 5) is 22.1. The minimum Gasteiger partial charge on any atom is -0.392 e. The highest BCUT2D eigenvalue weighted by molar-refractivity contribution is 5.82. The van der Waals surface area contributed by atoms with E-state index >= 15 is 0 Å². The second kappa shape index (κ2) is 11.7.